The molecular weight excluding hydrogens is 287 g/mol. The van der Waals surface area contributed by atoms with Crippen LogP contribution in [0.25, 0.3) is 11.3 Å². The molecule has 0 unspecified atom stereocenters. The van der Waals surface area contributed by atoms with Gasteiger partial charge in [-0.2, -0.15) is 5.10 Å². The number of hydrogen-bond donors (Lipinski definition) is 1. The van der Waals surface area contributed by atoms with Crippen LogP contribution in [0, 0.1) is 3.70 Å². The van der Waals surface area contributed by atoms with Crippen LogP contribution in [0.2, 0.25) is 0 Å². The van der Waals surface area contributed by atoms with E-state index in [-0.39, 0.29) is 0 Å². The van der Waals surface area contributed by atoms with Crippen molar-refractivity contribution < 1.29 is 0 Å². The molecule has 2 nitrogen and oxygen atoms in total. The van der Waals surface area contributed by atoms with E-state index in [1.54, 1.807) is 0 Å². The van der Waals surface area contributed by atoms with Crippen molar-refractivity contribution in [1.82, 2.24) is 10.2 Å². The first-order valence-corrected chi connectivity index (χ1v) is 5.70. The first-order valence-electron chi connectivity index (χ1n) is 4.62. The lowest BCUT2D eigenvalue weighted by molar-refractivity contribution is 0.940. The third kappa shape index (κ3) is 0.932. The van der Waals surface area contributed by atoms with Gasteiger partial charge in [-0.05, 0) is 28.2 Å². The number of halogens is 1. The Morgan fingerprint density at radius 1 is 1.36 bits per heavy atom. The molecule has 3 heteroatoms. The summed E-state index contributed by atoms with van der Waals surface area (Å²) in [6.07, 6.45) is 0. The Morgan fingerprint density at radius 3 is 3.00 bits per heavy atom. The molecule has 0 amide bonds. The lowest BCUT2D eigenvalue weighted by Gasteiger charge is -2.04. The summed E-state index contributed by atoms with van der Waals surface area (Å²) in [6.45, 7) is 2.24. The Kier molecular flexibility index (Phi) is 1.71. The topological polar surface area (TPSA) is 28.7 Å². The highest BCUT2D eigenvalue weighted by Gasteiger charge is 2.29. The number of nitrogens with zero attached hydrogens (tertiary/aromatic N) is 1. The van der Waals surface area contributed by atoms with Gasteiger partial charge in [-0.1, -0.05) is 31.2 Å². The minimum atomic E-state index is 0.479. The quantitative estimate of drug-likeness (QED) is 0.743. The van der Waals surface area contributed by atoms with E-state index in [4.69, 9.17) is 0 Å². The molecule has 1 heterocycles. The standard InChI is InChI=1S/C11H9IN2/c1-6-7-4-2-3-5-8(7)10-9(6)11(12)14-13-10/h2-6H,1H3,(H,13,14)/t6-/m1/s1. The first-order chi connectivity index (χ1) is 6.79. The molecular formula is C11H9IN2. The van der Waals surface area contributed by atoms with Crippen LogP contribution in [0.1, 0.15) is 24.0 Å². The second kappa shape index (κ2) is 2.82. The Morgan fingerprint density at radius 2 is 2.14 bits per heavy atom. The third-order valence-electron chi connectivity index (χ3n) is 2.89. The number of rotatable bonds is 0. The number of aromatic amines is 1. The van der Waals surface area contributed by atoms with Gasteiger partial charge in [0, 0.05) is 17.0 Å². The molecule has 1 N–H and O–H groups in total. The van der Waals surface area contributed by atoms with Crippen LogP contribution < -0.4 is 0 Å². The second-order valence-electron chi connectivity index (χ2n) is 3.61. The normalized spacial score (nSPS) is 18.0. The molecule has 0 aliphatic heterocycles. The van der Waals surface area contributed by atoms with Gasteiger partial charge in [0.05, 0.1) is 5.69 Å². The number of nitrogens with one attached hydrogen (secondary N) is 1. The monoisotopic (exact) mass is 296 g/mol. The summed E-state index contributed by atoms with van der Waals surface area (Å²) < 4.78 is 1.10. The van der Waals surface area contributed by atoms with Gasteiger partial charge in [-0.3, -0.25) is 5.10 Å². The van der Waals surface area contributed by atoms with E-state index in [9.17, 15) is 0 Å². The van der Waals surface area contributed by atoms with Crippen LogP contribution in [0.3, 0.4) is 0 Å². The van der Waals surface area contributed by atoms with E-state index in [1.165, 1.54) is 22.4 Å². The molecule has 1 aromatic carbocycles. The average molecular weight is 296 g/mol. The van der Waals surface area contributed by atoms with Crippen molar-refractivity contribution >= 4 is 22.6 Å². The van der Waals surface area contributed by atoms with Crippen molar-refractivity contribution in [2.24, 2.45) is 0 Å². The number of H-pyrrole nitrogens is 1. The molecule has 1 aliphatic carbocycles. The number of benzene rings is 1. The van der Waals surface area contributed by atoms with Crippen LogP contribution in [-0.4, -0.2) is 10.2 Å². The molecule has 3 rings (SSSR count). The smallest absolute Gasteiger partial charge is 0.127 e. The largest absolute Gasteiger partial charge is 0.276 e. The van der Waals surface area contributed by atoms with E-state index in [0.29, 0.717) is 5.92 Å². The van der Waals surface area contributed by atoms with Crippen molar-refractivity contribution in [3.05, 3.63) is 39.1 Å². The van der Waals surface area contributed by atoms with Gasteiger partial charge in [0.15, 0.2) is 0 Å². The van der Waals surface area contributed by atoms with Gasteiger partial charge in [0.1, 0.15) is 3.70 Å². The Balaban J connectivity index is 2.36. The molecule has 0 fully saturated rings. The Labute approximate surface area is 95.9 Å². The predicted octanol–water partition coefficient (Wildman–Crippen LogP) is 3.15. The fourth-order valence-electron chi connectivity index (χ4n) is 2.19. The molecule has 14 heavy (non-hydrogen) atoms. The highest BCUT2D eigenvalue weighted by Crippen LogP contribution is 2.44. The van der Waals surface area contributed by atoms with Gasteiger partial charge < -0.3 is 0 Å². The zero-order valence-electron chi connectivity index (χ0n) is 7.71. The molecule has 0 radical (unpaired) electrons. The van der Waals surface area contributed by atoms with Crippen LogP contribution in [0.15, 0.2) is 24.3 Å². The number of hydrogen-bond acceptors (Lipinski definition) is 1. The van der Waals surface area contributed by atoms with Gasteiger partial charge >= 0.3 is 0 Å². The summed E-state index contributed by atoms with van der Waals surface area (Å²) in [4.78, 5) is 0. The summed E-state index contributed by atoms with van der Waals surface area (Å²) in [5, 5.41) is 7.36. The zero-order valence-corrected chi connectivity index (χ0v) is 9.87. The lowest BCUT2D eigenvalue weighted by atomic mass is 10.0. The van der Waals surface area contributed by atoms with Gasteiger partial charge in [-0.15, -0.1) is 0 Å². The molecule has 1 atom stereocenters. The first kappa shape index (κ1) is 8.47. The SMILES string of the molecule is C[C@@H]1c2ccccc2-c2[nH]nc(I)c21. The van der Waals surface area contributed by atoms with Crippen molar-refractivity contribution in [2.45, 2.75) is 12.8 Å². The Hall–Kier alpha value is -0.840. The second-order valence-corrected chi connectivity index (χ2v) is 4.63. The minimum Gasteiger partial charge on any atom is -0.276 e. The van der Waals surface area contributed by atoms with Crippen LogP contribution >= 0.6 is 22.6 Å². The molecule has 0 spiro atoms. The third-order valence-corrected chi connectivity index (χ3v) is 3.71. The Bertz CT molecular complexity index is 502. The maximum Gasteiger partial charge on any atom is 0.127 e. The summed E-state index contributed by atoms with van der Waals surface area (Å²) in [5.41, 5.74) is 5.28. The molecule has 2 aromatic rings. The highest BCUT2D eigenvalue weighted by atomic mass is 127. The van der Waals surface area contributed by atoms with Gasteiger partial charge in [0.25, 0.3) is 0 Å². The summed E-state index contributed by atoms with van der Waals surface area (Å²) in [7, 11) is 0. The molecule has 1 aliphatic rings. The zero-order chi connectivity index (χ0) is 9.71. The fourth-order valence-corrected chi connectivity index (χ4v) is 3.04. The van der Waals surface area contributed by atoms with Crippen molar-refractivity contribution in [3.63, 3.8) is 0 Å². The number of aromatic nitrogens is 2. The van der Waals surface area contributed by atoms with E-state index in [2.05, 4.69) is 64.0 Å². The minimum absolute atomic E-state index is 0.479. The predicted molar refractivity (Wildman–Crippen MR) is 64.3 cm³/mol. The van der Waals surface area contributed by atoms with E-state index >= 15 is 0 Å². The lowest BCUT2D eigenvalue weighted by Crippen LogP contribution is -1.91. The van der Waals surface area contributed by atoms with Crippen molar-refractivity contribution in [2.75, 3.05) is 0 Å². The van der Waals surface area contributed by atoms with Crippen molar-refractivity contribution in [1.29, 1.82) is 0 Å². The van der Waals surface area contributed by atoms with Crippen LogP contribution in [0.5, 0.6) is 0 Å². The van der Waals surface area contributed by atoms with Crippen LogP contribution in [0.4, 0.5) is 0 Å². The average Bonchev–Trinajstić information content (AvgIpc) is 2.70. The van der Waals surface area contributed by atoms with E-state index < -0.39 is 0 Å². The number of fused-ring (bicyclic) bond motifs is 3. The van der Waals surface area contributed by atoms with Gasteiger partial charge in [-0.25, -0.2) is 0 Å². The van der Waals surface area contributed by atoms with E-state index in [0.717, 1.165) is 3.70 Å². The molecule has 70 valence electrons. The molecule has 0 saturated heterocycles. The molecule has 1 aromatic heterocycles. The van der Waals surface area contributed by atoms with Crippen LogP contribution in [-0.2, 0) is 0 Å². The van der Waals surface area contributed by atoms with Crippen molar-refractivity contribution in [3.8, 4) is 11.3 Å². The molecule has 0 bridgehead atoms. The maximum atomic E-state index is 4.25. The maximum absolute atomic E-state index is 4.25. The summed E-state index contributed by atoms with van der Waals surface area (Å²) in [6, 6.07) is 8.53. The van der Waals surface area contributed by atoms with Gasteiger partial charge in [0.2, 0.25) is 0 Å². The molecule has 0 saturated carbocycles. The highest BCUT2D eigenvalue weighted by molar-refractivity contribution is 14.1. The summed E-state index contributed by atoms with van der Waals surface area (Å²) in [5.74, 6) is 0.479. The van der Waals surface area contributed by atoms with E-state index in [1.807, 2.05) is 0 Å². The summed E-state index contributed by atoms with van der Waals surface area (Å²) >= 11 is 2.29. The fraction of sp³-hybridized carbons (Fsp3) is 0.182.